The standard InChI is InChI=1S/C10H20N2O2/c1-2-3-5-14-6-4-12-10(13)8-7-9(8)11/h8-9H,2-7,11H2,1H3,(H,12,13). The van der Waals surface area contributed by atoms with Crippen LogP contribution in [-0.2, 0) is 9.53 Å². The van der Waals surface area contributed by atoms with Gasteiger partial charge in [-0.1, -0.05) is 13.3 Å². The van der Waals surface area contributed by atoms with Gasteiger partial charge >= 0.3 is 0 Å². The maximum Gasteiger partial charge on any atom is 0.224 e. The van der Waals surface area contributed by atoms with Gasteiger partial charge in [-0.25, -0.2) is 0 Å². The third-order valence-corrected chi connectivity index (χ3v) is 2.36. The van der Waals surface area contributed by atoms with Gasteiger partial charge in [0, 0.05) is 19.2 Å². The molecule has 0 spiro atoms. The van der Waals surface area contributed by atoms with Crippen LogP contribution in [-0.4, -0.2) is 31.7 Å². The molecule has 3 N–H and O–H groups in total. The molecule has 4 heteroatoms. The van der Waals surface area contributed by atoms with Crippen molar-refractivity contribution >= 4 is 5.91 Å². The first kappa shape index (κ1) is 11.5. The van der Waals surface area contributed by atoms with Gasteiger partial charge in [0.2, 0.25) is 5.91 Å². The highest BCUT2D eigenvalue weighted by molar-refractivity contribution is 5.82. The molecule has 2 unspecified atom stereocenters. The number of nitrogens with two attached hydrogens (primary N) is 1. The first-order valence-corrected chi connectivity index (χ1v) is 5.36. The predicted octanol–water partition coefficient (Wildman–Crippen LogP) is 0.267. The molecule has 1 rings (SSSR count). The molecule has 0 bridgehead atoms. The number of unbranched alkanes of at least 4 members (excludes halogenated alkanes) is 1. The molecule has 1 fully saturated rings. The molecule has 82 valence electrons. The molecule has 0 radical (unpaired) electrons. The Morgan fingerprint density at radius 1 is 1.57 bits per heavy atom. The molecular weight excluding hydrogens is 180 g/mol. The average Bonchev–Trinajstić information content (AvgIpc) is 2.88. The van der Waals surface area contributed by atoms with Gasteiger partial charge in [0.1, 0.15) is 0 Å². The van der Waals surface area contributed by atoms with Crippen LogP contribution >= 0.6 is 0 Å². The highest BCUT2D eigenvalue weighted by Crippen LogP contribution is 2.27. The van der Waals surface area contributed by atoms with Crippen LogP contribution in [0.2, 0.25) is 0 Å². The van der Waals surface area contributed by atoms with Gasteiger partial charge in [-0.05, 0) is 12.8 Å². The van der Waals surface area contributed by atoms with E-state index in [0.29, 0.717) is 13.2 Å². The van der Waals surface area contributed by atoms with Crippen molar-refractivity contribution in [2.24, 2.45) is 11.7 Å². The number of carbonyl (C=O) groups is 1. The Hall–Kier alpha value is -0.610. The van der Waals surface area contributed by atoms with Crippen molar-refractivity contribution in [3.63, 3.8) is 0 Å². The summed E-state index contributed by atoms with van der Waals surface area (Å²) in [4.78, 5) is 11.3. The fraction of sp³-hybridized carbons (Fsp3) is 0.900. The van der Waals surface area contributed by atoms with Gasteiger partial charge in [0.15, 0.2) is 0 Å². The molecule has 0 aromatic heterocycles. The zero-order chi connectivity index (χ0) is 10.4. The van der Waals surface area contributed by atoms with E-state index < -0.39 is 0 Å². The van der Waals surface area contributed by atoms with E-state index >= 15 is 0 Å². The van der Waals surface area contributed by atoms with Gasteiger partial charge in [0.25, 0.3) is 0 Å². The molecule has 0 aliphatic heterocycles. The zero-order valence-electron chi connectivity index (χ0n) is 8.79. The molecule has 0 aromatic carbocycles. The van der Waals surface area contributed by atoms with Gasteiger partial charge in [-0.2, -0.15) is 0 Å². The summed E-state index contributed by atoms with van der Waals surface area (Å²) in [6.45, 7) is 4.12. The number of amides is 1. The van der Waals surface area contributed by atoms with E-state index in [9.17, 15) is 4.79 Å². The molecule has 2 atom stereocenters. The minimum Gasteiger partial charge on any atom is -0.380 e. The highest BCUT2D eigenvalue weighted by atomic mass is 16.5. The van der Waals surface area contributed by atoms with Crippen molar-refractivity contribution in [2.75, 3.05) is 19.8 Å². The maximum atomic E-state index is 11.3. The first-order valence-electron chi connectivity index (χ1n) is 5.36. The van der Waals surface area contributed by atoms with E-state index in [2.05, 4.69) is 12.2 Å². The molecule has 0 aromatic rings. The minimum absolute atomic E-state index is 0.0608. The summed E-state index contributed by atoms with van der Waals surface area (Å²) in [6.07, 6.45) is 3.06. The Morgan fingerprint density at radius 3 is 2.86 bits per heavy atom. The molecule has 1 amide bonds. The Bertz CT molecular complexity index is 185. The predicted molar refractivity (Wildman–Crippen MR) is 54.8 cm³/mol. The van der Waals surface area contributed by atoms with Crippen molar-refractivity contribution in [1.29, 1.82) is 0 Å². The summed E-state index contributed by atoms with van der Waals surface area (Å²) in [5.41, 5.74) is 5.55. The SMILES string of the molecule is CCCCOCCNC(=O)C1CC1N. The van der Waals surface area contributed by atoms with Crippen LogP contribution in [0.15, 0.2) is 0 Å². The van der Waals surface area contributed by atoms with Gasteiger partial charge in [0.05, 0.1) is 12.5 Å². The van der Waals surface area contributed by atoms with Crippen LogP contribution in [0, 0.1) is 5.92 Å². The minimum atomic E-state index is 0.0608. The van der Waals surface area contributed by atoms with Crippen molar-refractivity contribution in [2.45, 2.75) is 32.2 Å². The van der Waals surface area contributed by atoms with Crippen LogP contribution in [0.25, 0.3) is 0 Å². The van der Waals surface area contributed by atoms with Crippen molar-refractivity contribution in [1.82, 2.24) is 5.32 Å². The highest BCUT2D eigenvalue weighted by Gasteiger charge is 2.39. The Kier molecular flexibility index (Phi) is 4.90. The third kappa shape index (κ3) is 4.07. The molecule has 1 aliphatic carbocycles. The van der Waals surface area contributed by atoms with E-state index in [1.807, 2.05) is 0 Å². The fourth-order valence-corrected chi connectivity index (χ4v) is 1.24. The quantitative estimate of drug-likeness (QED) is 0.580. The van der Waals surface area contributed by atoms with Crippen LogP contribution in [0.4, 0.5) is 0 Å². The number of carbonyl (C=O) groups excluding carboxylic acids is 1. The van der Waals surface area contributed by atoms with Crippen LogP contribution in [0.1, 0.15) is 26.2 Å². The van der Waals surface area contributed by atoms with E-state index in [0.717, 1.165) is 25.9 Å². The zero-order valence-corrected chi connectivity index (χ0v) is 8.79. The summed E-state index contributed by atoms with van der Waals surface area (Å²) < 4.78 is 5.31. The van der Waals surface area contributed by atoms with Crippen molar-refractivity contribution in [3.8, 4) is 0 Å². The second-order valence-electron chi connectivity index (χ2n) is 3.76. The van der Waals surface area contributed by atoms with Crippen molar-refractivity contribution in [3.05, 3.63) is 0 Å². The molecule has 0 heterocycles. The monoisotopic (exact) mass is 200 g/mol. The summed E-state index contributed by atoms with van der Waals surface area (Å²) in [7, 11) is 0. The lowest BCUT2D eigenvalue weighted by atomic mass is 10.3. The average molecular weight is 200 g/mol. The van der Waals surface area contributed by atoms with Crippen LogP contribution in [0.3, 0.4) is 0 Å². The Morgan fingerprint density at radius 2 is 2.29 bits per heavy atom. The molecule has 1 aliphatic rings. The normalized spacial score (nSPS) is 24.7. The fourth-order valence-electron chi connectivity index (χ4n) is 1.24. The van der Waals surface area contributed by atoms with Crippen LogP contribution < -0.4 is 11.1 Å². The van der Waals surface area contributed by atoms with Gasteiger partial charge < -0.3 is 15.8 Å². The number of hydrogen-bond acceptors (Lipinski definition) is 3. The number of ether oxygens (including phenoxy) is 1. The summed E-state index contributed by atoms with van der Waals surface area (Å²) in [6, 6.07) is 0.0935. The molecule has 4 nitrogen and oxygen atoms in total. The lowest BCUT2D eigenvalue weighted by molar-refractivity contribution is -0.122. The first-order chi connectivity index (χ1) is 6.75. The topological polar surface area (TPSA) is 64.3 Å². The second kappa shape index (κ2) is 5.98. The smallest absolute Gasteiger partial charge is 0.224 e. The van der Waals surface area contributed by atoms with Crippen molar-refractivity contribution < 1.29 is 9.53 Å². The summed E-state index contributed by atoms with van der Waals surface area (Å²) in [5, 5.41) is 2.81. The lowest BCUT2D eigenvalue weighted by Crippen LogP contribution is -2.30. The van der Waals surface area contributed by atoms with E-state index in [-0.39, 0.29) is 17.9 Å². The number of rotatable bonds is 7. The number of hydrogen-bond donors (Lipinski definition) is 2. The second-order valence-corrected chi connectivity index (χ2v) is 3.76. The largest absolute Gasteiger partial charge is 0.380 e. The van der Waals surface area contributed by atoms with E-state index in [1.54, 1.807) is 0 Å². The Labute approximate surface area is 85.2 Å². The lowest BCUT2D eigenvalue weighted by Gasteiger charge is -2.05. The summed E-state index contributed by atoms with van der Waals surface area (Å²) >= 11 is 0. The maximum absolute atomic E-state index is 11.3. The Balaban J connectivity index is 1.86. The molecule has 1 saturated carbocycles. The molecule has 0 saturated heterocycles. The summed E-state index contributed by atoms with van der Waals surface area (Å²) in [5.74, 6) is 0.141. The van der Waals surface area contributed by atoms with E-state index in [4.69, 9.17) is 10.5 Å². The third-order valence-electron chi connectivity index (χ3n) is 2.36. The molecular formula is C10H20N2O2. The number of nitrogens with one attached hydrogen (secondary N) is 1. The van der Waals surface area contributed by atoms with E-state index in [1.165, 1.54) is 0 Å². The molecule has 14 heavy (non-hydrogen) atoms. The van der Waals surface area contributed by atoms with Gasteiger partial charge in [-0.3, -0.25) is 4.79 Å². The van der Waals surface area contributed by atoms with Gasteiger partial charge in [-0.15, -0.1) is 0 Å². The van der Waals surface area contributed by atoms with Crippen LogP contribution in [0.5, 0.6) is 0 Å².